The van der Waals surface area contributed by atoms with Gasteiger partial charge in [-0.1, -0.05) is 67.6 Å². The molecule has 0 N–H and O–H groups in total. The Balaban J connectivity index is 1.61. The highest BCUT2D eigenvalue weighted by Gasteiger charge is 2.24. The second-order valence-corrected chi connectivity index (χ2v) is 9.36. The number of imidazole rings is 1. The van der Waals surface area contributed by atoms with E-state index < -0.39 is 11.2 Å². The first kappa shape index (κ1) is 22.8. The van der Waals surface area contributed by atoms with Gasteiger partial charge < -0.3 is 9.47 Å². The summed E-state index contributed by atoms with van der Waals surface area (Å²) in [6.07, 6.45) is 3.61. The van der Waals surface area contributed by atoms with E-state index in [9.17, 15) is 14.4 Å². The molecule has 1 unspecified atom stereocenters. The number of likely N-dealkylation sites (tertiary alicyclic amines) is 1. The lowest BCUT2D eigenvalue weighted by molar-refractivity contribution is -0.133. The van der Waals surface area contributed by atoms with Crippen molar-refractivity contribution >= 4 is 17.1 Å². The SMILES string of the molecule is CC1CCCN(C(=O)Cn2c(=O)c3c(ncn3Cc3ccccc3)n(Cc3ccccc3)c2=O)C1. The third-order valence-electron chi connectivity index (χ3n) is 6.67. The van der Waals surface area contributed by atoms with Crippen LogP contribution in [0.1, 0.15) is 30.9 Å². The minimum atomic E-state index is -0.519. The van der Waals surface area contributed by atoms with Crippen molar-refractivity contribution < 1.29 is 4.79 Å². The summed E-state index contributed by atoms with van der Waals surface area (Å²) in [5.74, 6) is 0.212. The number of hydrogen-bond acceptors (Lipinski definition) is 4. The lowest BCUT2D eigenvalue weighted by Gasteiger charge is -2.31. The van der Waals surface area contributed by atoms with Crippen LogP contribution in [0.15, 0.2) is 76.6 Å². The quantitative estimate of drug-likeness (QED) is 0.433. The molecule has 1 aliphatic heterocycles. The number of benzene rings is 2. The highest BCUT2D eigenvalue weighted by Crippen LogP contribution is 2.16. The summed E-state index contributed by atoms with van der Waals surface area (Å²) < 4.78 is 4.34. The van der Waals surface area contributed by atoms with Crippen molar-refractivity contribution in [2.24, 2.45) is 5.92 Å². The van der Waals surface area contributed by atoms with Crippen molar-refractivity contribution in [1.29, 1.82) is 0 Å². The maximum Gasteiger partial charge on any atom is 0.333 e. The fourth-order valence-corrected chi connectivity index (χ4v) is 4.84. The summed E-state index contributed by atoms with van der Waals surface area (Å²) in [5, 5.41) is 0. The molecule has 0 bridgehead atoms. The van der Waals surface area contributed by atoms with Crippen molar-refractivity contribution in [3.8, 4) is 0 Å². The molecular formula is C27H29N5O3. The zero-order chi connectivity index (χ0) is 24.4. The first-order valence-electron chi connectivity index (χ1n) is 12.1. The van der Waals surface area contributed by atoms with Gasteiger partial charge in [0.2, 0.25) is 5.91 Å². The molecule has 3 heterocycles. The molecule has 4 aromatic rings. The van der Waals surface area contributed by atoms with E-state index in [2.05, 4.69) is 11.9 Å². The number of carbonyl (C=O) groups is 1. The van der Waals surface area contributed by atoms with Gasteiger partial charge in [-0.25, -0.2) is 14.3 Å². The van der Waals surface area contributed by atoms with E-state index in [1.807, 2.05) is 60.7 Å². The van der Waals surface area contributed by atoms with Gasteiger partial charge in [-0.15, -0.1) is 0 Å². The van der Waals surface area contributed by atoms with Gasteiger partial charge in [-0.05, 0) is 29.9 Å². The van der Waals surface area contributed by atoms with Crippen molar-refractivity contribution in [1.82, 2.24) is 23.6 Å². The zero-order valence-electron chi connectivity index (χ0n) is 19.8. The molecule has 1 aliphatic rings. The van der Waals surface area contributed by atoms with Gasteiger partial charge in [0.25, 0.3) is 5.56 Å². The van der Waals surface area contributed by atoms with Gasteiger partial charge in [-0.2, -0.15) is 0 Å². The molecule has 35 heavy (non-hydrogen) atoms. The lowest BCUT2D eigenvalue weighted by atomic mass is 10.0. The molecular weight excluding hydrogens is 442 g/mol. The predicted octanol–water partition coefficient (Wildman–Crippen LogP) is 2.71. The third-order valence-corrected chi connectivity index (χ3v) is 6.67. The Morgan fingerprint density at radius 3 is 2.26 bits per heavy atom. The van der Waals surface area contributed by atoms with Crippen LogP contribution in [0.4, 0.5) is 0 Å². The summed E-state index contributed by atoms with van der Waals surface area (Å²) in [6.45, 7) is 3.85. The van der Waals surface area contributed by atoms with E-state index in [-0.39, 0.29) is 19.0 Å². The smallest absolute Gasteiger partial charge is 0.333 e. The maximum atomic E-state index is 13.6. The monoisotopic (exact) mass is 471 g/mol. The normalized spacial score (nSPS) is 16.0. The minimum absolute atomic E-state index is 0.199. The Hall–Kier alpha value is -3.94. The van der Waals surface area contributed by atoms with E-state index >= 15 is 0 Å². The van der Waals surface area contributed by atoms with Gasteiger partial charge in [0.1, 0.15) is 6.54 Å². The Kier molecular flexibility index (Phi) is 6.35. The van der Waals surface area contributed by atoms with Crippen molar-refractivity contribution in [3.05, 3.63) is 99.0 Å². The van der Waals surface area contributed by atoms with Gasteiger partial charge in [-0.3, -0.25) is 14.2 Å². The number of carbonyl (C=O) groups excluding carboxylic acids is 1. The minimum Gasteiger partial charge on any atom is -0.341 e. The van der Waals surface area contributed by atoms with Gasteiger partial charge in [0.15, 0.2) is 11.2 Å². The Morgan fingerprint density at radius 2 is 1.60 bits per heavy atom. The summed E-state index contributed by atoms with van der Waals surface area (Å²) in [6, 6.07) is 19.3. The average molecular weight is 472 g/mol. The Morgan fingerprint density at radius 1 is 0.943 bits per heavy atom. The van der Waals surface area contributed by atoms with E-state index in [0.29, 0.717) is 36.7 Å². The van der Waals surface area contributed by atoms with Crippen molar-refractivity contribution in [2.45, 2.75) is 39.4 Å². The molecule has 1 amide bonds. The third kappa shape index (κ3) is 4.69. The molecule has 0 aliphatic carbocycles. The van der Waals surface area contributed by atoms with Gasteiger partial charge in [0, 0.05) is 19.6 Å². The molecule has 2 aromatic heterocycles. The topological polar surface area (TPSA) is 82.1 Å². The van der Waals surface area contributed by atoms with E-state index in [0.717, 1.165) is 28.5 Å². The summed E-state index contributed by atoms with van der Waals surface area (Å²) in [5.41, 5.74) is 1.57. The molecule has 8 nitrogen and oxygen atoms in total. The summed E-state index contributed by atoms with van der Waals surface area (Å²) in [7, 11) is 0. The second-order valence-electron chi connectivity index (χ2n) is 9.36. The largest absolute Gasteiger partial charge is 0.341 e. The zero-order valence-corrected chi connectivity index (χ0v) is 19.8. The molecule has 1 saturated heterocycles. The summed E-state index contributed by atoms with van der Waals surface area (Å²) >= 11 is 0. The standard InChI is InChI=1S/C27H29N5O3/c1-20-9-8-14-29(15-20)23(33)18-32-26(34)24-25(28-19-30(24)16-21-10-4-2-5-11-21)31(27(32)35)17-22-12-6-3-7-13-22/h2-7,10-13,19-20H,8-9,14-18H2,1H3. The number of fused-ring (bicyclic) bond motifs is 1. The van der Waals surface area contributed by atoms with Crippen LogP contribution in [0.2, 0.25) is 0 Å². The molecule has 5 rings (SSSR count). The summed E-state index contributed by atoms with van der Waals surface area (Å²) in [4.78, 5) is 46.6. The average Bonchev–Trinajstić information content (AvgIpc) is 3.29. The maximum absolute atomic E-state index is 13.6. The molecule has 180 valence electrons. The predicted molar refractivity (Wildman–Crippen MR) is 134 cm³/mol. The highest BCUT2D eigenvalue weighted by atomic mass is 16.2. The van der Waals surface area contributed by atoms with Gasteiger partial charge in [0.05, 0.1) is 12.9 Å². The fraction of sp³-hybridized carbons (Fsp3) is 0.333. The number of piperidine rings is 1. The molecule has 1 atom stereocenters. The Bertz CT molecular complexity index is 1450. The molecule has 0 spiro atoms. The van der Waals surface area contributed by atoms with Crippen LogP contribution in [-0.2, 0) is 24.4 Å². The van der Waals surface area contributed by atoms with Crippen LogP contribution in [0, 0.1) is 5.92 Å². The molecule has 8 heteroatoms. The number of aromatic nitrogens is 4. The van der Waals surface area contributed by atoms with E-state index in [1.165, 1.54) is 4.57 Å². The van der Waals surface area contributed by atoms with E-state index in [4.69, 9.17) is 0 Å². The molecule has 0 radical (unpaired) electrons. The van der Waals surface area contributed by atoms with Crippen LogP contribution >= 0.6 is 0 Å². The van der Waals surface area contributed by atoms with Crippen LogP contribution in [0.25, 0.3) is 11.2 Å². The van der Waals surface area contributed by atoms with Gasteiger partial charge >= 0.3 is 5.69 Å². The first-order chi connectivity index (χ1) is 17.0. The number of rotatable bonds is 6. The van der Waals surface area contributed by atoms with Crippen molar-refractivity contribution in [2.75, 3.05) is 13.1 Å². The van der Waals surface area contributed by atoms with Crippen LogP contribution < -0.4 is 11.2 Å². The number of amides is 1. The molecule has 0 saturated carbocycles. The highest BCUT2D eigenvalue weighted by molar-refractivity contribution is 5.77. The molecule has 1 fully saturated rings. The number of hydrogen-bond donors (Lipinski definition) is 0. The Labute approximate surface area is 203 Å². The van der Waals surface area contributed by atoms with Crippen molar-refractivity contribution in [3.63, 3.8) is 0 Å². The van der Waals surface area contributed by atoms with Crippen LogP contribution in [-0.4, -0.2) is 42.6 Å². The second kappa shape index (κ2) is 9.74. The van der Waals surface area contributed by atoms with Crippen LogP contribution in [0.3, 0.4) is 0 Å². The van der Waals surface area contributed by atoms with Crippen LogP contribution in [0.5, 0.6) is 0 Å². The number of nitrogens with zero attached hydrogens (tertiary/aromatic N) is 5. The fourth-order valence-electron chi connectivity index (χ4n) is 4.84. The lowest BCUT2D eigenvalue weighted by Crippen LogP contribution is -2.47. The van der Waals surface area contributed by atoms with E-state index in [1.54, 1.807) is 15.8 Å². The molecule has 2 aromatic carbocycles. The first-order valence-corrected chi connectivity index (χ1v) is 12.1.